The summed E-state index contributed by atoms with van der Waals surface area (Å²) in [7, 11) is 4.19. The van der Waals surface area contributed by atoms with Crippen molar-refractivity contribution in [2.45, 2.75) is 18.7 Å². The molecule has 0 amide bonds. The molecule has 0 aromatic heterocycles. The van der Waals surface area contributed by atoms with Crippen molar-refractivity contribution in [1.82, 2.24) is 10.2 Å². The van der Waals surface area contributed by atoms with Crippen LogP contribution in [0.25, 0.3) is 0 Å². The number of methoxy groups -OCH3 is 2. The summed E-state index contributed by atoms with van der Waals surface area (Å²) in [5.74, 6) is 3.51. The van der Waals surface area contributed by atoms with E-state index in [1.165, 1.54) is 11.1 Å². The Labute approximate surface area is 175 Å². The van der Waals surface area contributed by atoms with Crippen molar-refractivity contribution in [3.63, 3.8) is 0 Å². The van der Waals surface area contributed by atoms with E-state index in [1.54, 1.807) is 21.3 Å². The molecule has 2 aromatic carbocycles. The van der Waals surface area contributed by atoms with Crippen molar-refractivity contribution in [3.05, 3.63) is 59.2 Å². The molecule has 0 saturated heterocycles. The Morgan fingerprint density at radius 1 is 1.14 bits per heavy atom. The molecule has 1 heterocycles. The molecule has 3 rings (SSSR count). The van der Waals surface area contributed by atoms with Crippen LogP contribution in [0.15, 0.2) is 47.5 Å². The van der Waals surface area contributed by atoms with Crippen molar-refractivity contribution in [2.24, 2.45) is 4.99 Å². The summed E-state index contributed by atoms with van der Waals surface area (Å²) >= 11 is 0. The van der Waals surface area contributed by atoms with Gasteiger partial charge in [-0.05, 0) is 35.2 Å². The first-order chi connectivity index (χ1) is 14.1. The van der Waals surface area contributed by atoms with Crippen molar-refractivity contribution < 1.29 is 13.7 Å². The zero-order valence-electron chi connectivity index (χ0n) is 17.3. The van der Waals surface area contributed by atoms with E-state index in [2.05, 4.69) is 21.3 Å². The van der Waals surface area contributed by atoms with Gasteiger partial charge in [0.25, 0.3) is 0 Å². The SMILES string of the molecule is CN=C(NCCS(=O)Cc1ccccc1)N1CCc2cc(OC)c(OC)cc2C1. The van der Waals surface area contributed by atoms with Gasteiger partial charge in [0.05, 0.1) is 14.2 Å². The lowest BCUT2D eigenvalue weighted by atomic mass is 9.99. The van der Waals surface area contributed by atoms with E-state index in [4.69, 9.17) is 9.47 Å². The Morgan fingerprint density at radius 2 is 1.83 bits per heavy atom. The van der Waals surface area contributed by atoms with Crippen molar-refractivity contribution in [1.29, 1.82) is 0 Å². The minimum atomic E-state index is -0.905. The number of guanidine groups is 1. The van der Waals surface area contributed by atoms with Crippen molar-refractivity contribution in [3.8, 4) is 11.5 Å². The fraction of sp³-hybridized carbons (Fsp3) is 0.409. The standard InChI is InChI=1S/C22H29N3O3S/c1-23-22(24-10-12-29(26)16-17-7-5-4-6-8-17)25-11-9-18-13-20(27-2)21(28-3)14-19(18)15-25/h4-8,13-14H,9-12,15-16H2,1-3H3,(H,23,24). The quantitative estimate of drug-likeness (QED) is 0.556. The predicted octanol–water partition coefficient (Wildman–Crippen LogP) is 2.59. The van der Waals surface area contributed by atoms with E-state index in [0.717, 1.165) is 42.5 Å². The Morgan fingerprint density at radius 3 is 2.48 bits per heavy atom. The molecular weight excluding hydrogens is 386 g/mol. The molecule has 0 radical (unpaired) electrons. The second kappa shape index (κ2) is 10.3. The fourth-order valence-electron chi connectivity index (χ4n) is 3.51. The second-order valence-electron chi connectivity index (χ2n) is 6.90. The highest BCUT2D eigenvalue weighted by Crippen LogP contribution is 2.33. The van der Waals surface area contributed by atoms with E-state index in [-0.39, 0.29) is 0 Å². The highest BCUT2D eigenvalue weighted by molar-refractivity contribution is 7.84. The van der Waals surface area contributed by atoms with Gasteiger partial charge in [0, 0.05) is 49.0 Å². The zero-order valence-corrected chi connectivity index (χ0v) is 18.1. The largest absolute Gasteiger partial charge is 0.493 e. The van der Waals surface area contributed by atoms with Gasteiger partial charge in [0.2, 0.25) is 0 Å². The molecular formula is C22H29N3O3S. The summed E-state index contributed by atoms with van der Waals surface area (Å²) < 4.78 is 23.2. The van der Waals surface area contributed by atoms with Gasteiger partial charge in [-0.1, -0.05) is 30.3 Å². The van der Waals surface area contributed by atoms with Crippen LogP contribution in [0, 0.1) is 0 Å². The summed E-state index contributed by atoms with van der Waals surface area (Å²) in [4.78, 5) is 6.63. The number of aliphatic imine (C=N–C) groups is 1. The Bertz CT molecular complexity index is 871. The Balaban J connectivity index is 1.55. The minimum Gasteiger partial charge on any atom is -0.493 e. The third-order valence-corrected chi connectivity index (χ3v) is 6.33. The molecule has 0 saturated carbocycles. The molecule has 156 valence electrons. The first-order valence-corrected chi connectivity index (χ1v) is 11.2. The van der Waals surface area contributed by atoms with E-state index in [9.17, 15) is 4.21 Å². The van der Waals surface area contributed by atoms with Crippen LogP contribution < -0.4 is 14.8 Å². The van der Waals surface area contributed by atoms with Gasteiger partial charge >= 0.3 is 0 Å². The lowest BCUT2D eigenvalue weighted by molar-refractivity contribution is 0.346. The van der Waals surface area contributed by atoms with Gasteiger partial charge in [0.1, 0.15) is 0 Å². The Hall–Kier alpha value is -2.54. The number of fused-ring (bicyclic) bond motifs is 1. The van der Waals surface area contributed by atoms with Gasteiger partial charge in [-0.15, -0.1) is 0 Å². The first kappa shape index (κ1) is 21.2. The van der Waals surface area contributed by atoms with E-state index < -0.39 is 10.8 Å². The van der Waals surface area contributed by atoms with E-state index >= 15 is 0 Å². The summed E-state index contributed by atoms with van der Waals surface area (Å²) in [5.41, 5.74) is 3.59. The number of hydrogen-bond donors (Lipinski definition) is 1. The van der Waals surface area contributed by atoms with Gasteiger partial charge in [-0.25, -0.2) is 0 Å². The molecule has 2 aromatic rings. The minimum absolute atomic E-state index is 0.583. The number of rotatable bonds is 7. The van der Waals surface area contributed by atoms with Crippen LogP contribution in [0.4, 0.5) is 0 Å². The Kier molecular flexibility index (Phi) is 7.52. The normalized spacial score (nSPS) is 14.9. The molecule has 29 heavy (non-hydrogen) atoms. The van der Waals surface area contributed by atoms with Crippen LogP contribution in [0.3, 0.4) is 0 Å². The maximum atomic E-state index is 12.3. The maximum absolute atomic E-state index is 12.3. The third-order valence-electron chi connectivity index (χ3n) is 5.01. The molecule has 1 atom stereocenters. The average molecular weight is 416 g/mol. The monoisotopic (exact) mass is 415 g/mol. The lowest BCUT2D eigenvalue weighted by Crippen LogP contribution is -2.45. The molecule has 1 aliphatic rings. The van der Waals surface area contributed by atoms with Gasteiger partial charge in [-0.3, -0.25) is 9.20 Å². The molecule has 0 bridgehead atoms. The van der Waals surface area contributed by atoms with E-state index in [0.29, 0.717) is 18.1 Å². The number of benzene rings is 2. The molecule has 0 aliphatic carbocycles. The summed E-state index contributed by atoms with van der Waals surface area (Å²) in [6.45, 7) is 2.25. The highest BCUT2D eigenvalue weighted by atomic mass is 32.2. The summed E-state index contributed by atoms with van der Waals surface area (Å²) in [6, 6.07) is 14.1. The number of hydrogen-bond acceptors (Lipinski definition) is 4. The van der Waals surface area contributed by atoms with Crippen LogP contribution in [0.1, 0.15) is 16.7 Å². The first-order valence-electron chi connectivity index (χ1n) is 9.73. The number of ether oxygens (including phenoxy) is 2. The zero-order chi connectivity index (χ0) is 20.6. The maximum Gasteiger partial charge on any atom is 0.193 e. The topological polar surface area (TPSA) is 63.2 Å². The average Bonchev–Trinajstić information content (AvgIpc) is 2.76. The van der Waals surface area contributed by atoms with E-state index in [1.807, 2.05) is 36.4 Å². The second-order valence-corrected chi connectivity index (χ2v) is 8.47. The van der Waals surface area contributed by atoms with Gasteiger partial charge < -0.3 is 19.7 Å². The van der Waals surface area contributed by atoms with Crippen LogP contribution in [-0.4, -0.2) is 55.2 Å². The predicted molar refractivity (Wildman–Crippen MR) is 118 cm³/mol. The molecule has 1 aliphatic heterocycles. The molecule has 6 nitrogen and oxygen atoms in total. The summed E-state index contributed by atoms with van der Waals surface area (Å²) in [6.07, 6.45) is 0.913. The summed E-state index contributed by atoms with van der Waals surface area (Å²) in [5, 5.41) is 3.36. The van der Waals surface area contributed by atoms with Crippen LogP contribution in [0.5, 0.6) is 11.5 Å². The molecule has 1 unspecified atom stereocenters. The molecule has 0 spiro atoms. The van der Waals surface area contributed by atoms with Crippen molar-refractivity contribution in [2.75, 3.05) is 40.1 Å². The van der Waals surface area contributed by atoms with Gasteiger partial charge in [-0.2, -0.15) is 0 Å². The smallest absolute Gasteiger partial charge is 0.193 e. The highest BCUT2D eigenvalue weighted by Gasteiger charge is 2.21. The fourth-order valence-corrected chi connectivity index (χ4v) is 4.54. The van der Waals surface area contributed by atoms with Gasteiger partial charge in [0.15, 0.2) is 17.5 Å². The molecule has 7 heteroatoms. The molecule has 0 fully saturated rings. The van der Waals surface area contributed by atoms with Crippen molar-refractivity contribution >= 4 is 16.8 Å². The third kappa shape index (κ3) is 5.50. The molecule has 1 N–H and O–H groups in total. The van der Waals surface area contributed by atoms with Crippen LogP contribution in [-0.2, 0) is 29.5 Å². The lowest BCUT2D eigenvalue weighted by Gasteiger charge is -2.32. The van der Waals surface area contributed by atoms with Crippen LogP contribution >= 0.6 is 0 Å². The van der Waals surface area contributed by atoms with Crippen LogP contribution in [0.2, 0.25) is 0 Å². The number of nitrogens with one attached hydrogen (secondary N) is 1. The number of nitrogens with zero attached hydrogens (tertiary/aromatic N) is 2.